The maximum Gasteiger partial charge on any atom is 0.120 e. The molecule has 0 N–H and O–H groups in total. The van der Waals surface area contributed by atoms with Gasteiger partial charge in [-0.1, -0.05) is 0 Å². The van der Waals surface area contributed by atoms with Crippen molar-refractivity contribution in [1.29, 1.82) is 0 Å². The van der Waals surface area contributed by atoms with E-state index in [1.54, 1.807) is 11.8 Å². The molecule has 0 bridgehead atoms. The van der Waals surface area contributed by atoms with Gasteiger partial charge in [0.2, 0.25) is 0 Å². The fourth-order valence-corrected chi connectivity index (χ4v) is 3.24. The second kappa shape index (κ2) is 6.12. The maximum atomic E-state index is 6.04. The summed E-state index contributed by atoms with van der Waals surface area (Å²) >= 11 is 5.28. The molecule has 1 saturated heterocycles. The van der Waals surface area contributed by atoms with Gasteiger partial charge < -0.3 is 9.64 Å². The number of thioether (sulfide) groups is 1. The summed E-state index contributed by atoms with van der Waals surface area (Å²) < 4.78 is 7.18. The maximum absolute atomic E-state index is 6.04. The molecule has 1 fully saturated rings. The molecule has 2 nitrogen and oxygen atoms in total. The quantitative estimate of drug-likeness (QED) is 0.790. The smallest absolute Gasteiger partial charge is 0.120 e. The molecule has 0 aromatic heterocycles. The van der Waals surface area contributed by atoms with Crippen LogP contribution in [0.5, 0.6) is 5.75 Å². The van der Waals surface area contributed by atoms with Gasteiger partial charge in [0.15, 0.2) is 0 Å². The lowest BCUT2D eigenvalue weighted by atomic mass is 10.1. The highest BCUT2D eigenvalue weighted by atomic mass is 79.9. The van der Waals surface area contributed by atoms with Gasteiger partial charge in [-0.05, 0) is 60.3 Å². The van der Waals surface area contributed by atoms with E-state index in [0.29, 0.717) is 6.10 Å². The SMILES string of the molecule is CSc1cc(OC2CCN(C)CC2)ccc1Br. The Hall–Kier alpha value is -0.190. The van der Waals surface area contributed by atoms with E-state index in [9.17, 15) is 0 Å². The minimum Gasteiger partial charge on any atom is -0.490 e. The van der Waals surface area contributed by atoms with Gasteiger partial charge in [0.05, 0.1) is 0 Å². The van der Waals surface area contributed by atoms with E-state index in [1.807, 2.05) is 6.07 Å². The van der Waals surface area contributed by atoms with Crippen LogP contribution in [0.3, 0.4) is 0 Å². The Bertz CT molecular complexity index is 378. The highest BCUT2D eigenvalue weighted by Gasteiger charge is 2.18. The highest BCUT2D eigenvalue weighted by molar-refractivity contribution is 9.10. The normalized spacial score (nSPS) is 18.3. The molecular weight excluding hydrogens is 298 g/mol. The van der Waals surface area contributed by atoms with E-state index in [2.05, 4.69) is 46.3 Å². The standard InChI is InChI=1S/C13H18BrNOS/c1-15-7-5-10(6-8-15)16-11-3-4-12(14)13(9-11)17-2/h3-4,9-10H,5-8H2,1-2H3. The van der Waals surface area contributed by atoms with Gasteiger partial charge in [-0.2, -0.15) is 0 Å². The van der Waals surface area contributed by atoms with Crippen LogP contribution in [0.25, 0.3) is 0 Å². The molecular formula is C13H18BrNOS. The topological polar surface area (TPSA) is 12.5 Å². The predicted molar refractivity (Wildman–Crippen MR) is 77.1 cm³/mol. The first-order valence-electron chi connectivity index (χ1n) is 5.88. The van der Waals surface area contributed by atoms with Crippen LogP contribution >= 0.6 is 27.7 Å². The summed E-state index contributed by atoms with van der Waals surface area (Å²) in [4.78, 5) is 3.59. The number of piperidine rings is 1. The van der Waals surface area contributed by atoms with Crippen LogP contribution in [0.4, 0.5) is 0 Å². The van der Waals surface area contributed by atoms with Crippen molar-refractivity contribution in [2.24, 2.45) is 0 Å². The monoisotopic (exact) mass is 315 g/mol. The molecule has 1 aromatic rings. The third kappa shape index (κ3) is 3.63. The molecule has 1 aromatic carbocycles. The first-order valence-corrected chi connectivity index (χ1v) is 7.89. The number of hydrogen-bond acceptors (Lipinski definition) is 3. The first-order chi connectivity index (χ1) is 8.19. The molecule has 17 heavy (non-hydrogen) atoms. The molecule has 1 aliphatic rings. The van der Waals surface area contributed by atoms with Gasteiger partial charge in [0, 0.05) is 22.5 Å². The molecule has 4 heteroatoms. The molecule has 0 saturated carbocycles. The second-order valence-electron chi connectivity index (χ2n) is 4.42. The number of halogens is 1. The Labute approximate surface area is 116 Å². The van der Waals surface area contributed by atoms with Crippen molar-refractivity contribution in [2.75, 3.05) is 26.4 Å². The fraction of sp³-hybridized carbons (Fsp3) is 0.538. The number of hydrogen-bond donors (Lipinski definition) is 0. The van der Waals surface area contributed by atoms with Crippen molar-refractivity contribution in [2.45, 2.75) is 23.8 Å². The Morgan fingerprint density at radius 3 is 2.71 bits per heavy atom. The summed E-state index contributed by atoms with van der Waals surface area (Å²) in [5.74, 6) is 0.993. The summed E-state index contributed by atoms with van der Waals surface area (Å²) in [6.07, 6.45) is 4.71. The van der Waals surface area contributed by atoms with E-state index < -0.39 is 0 Å². The molecule has 1 aliphatic heterocycles. The van der Waals surface area contributed by atoms with E-state index >= 15 is 0 Å². The van der Waals surface area contributed by atoms with Crippen LogP contribution in [0, 0.1) is 0 Å². The summed E-state index contributed by atoms with van der Waals surface area (Å²) in [5, 5.41) is 0. The summed E-state index contributed by atoms with van der Waals surface area (Å²) in [6, 6.07) is 6.23. The van der Waals surface area contributed by atoms with Gasteiger partial charge in [-0.3, -0.25) is 0 Å². The molecule has 2 rings (SSSR count). The molecule has 0 radical (unpaired) electrons. The van der Waals surface area contributed by atoms with Crippen LogP contribution in [0.15, 0.2) is 27.6 Å². The van der Waals surface area contributed by atoms with E-state index in [-0.39, 0.29) is 0 Å². The minimum absolute atomic E-state index is 0.377. The van der Waals surface area contributed by atoms with Gasteiger partial charge >= 0.3 is 0 Å². The Balaban J connectivity index is 1.99. The van der Waals surface area contributed by atoms with Crippen LogP contribution in [0.1, 0.15) is 12.8 Å². The summed E-state index contributed by atoms with van der Waals surface area (Å²) in [5.41, 5.74) is 0. The molecule has 0 unspecified atom stereocenters. The number of ether oxygens (including phenoxy) is 1. The lowest BCUT2D eigenvalue weighted by Crippen LogP contribution is -2.35. The van der Waals surface area contributed by atoms with E-state index in [4.69, 9.17) is 4.74 Å². The minimum atomic E-state index is 0.377. The van der Waals surface area contributed by atoms with Crippen molar-refractivity contribution < 1.29 is 4.74 Å². The second-order valence-corrected chi connectivity index (χ2v) is 6.12. The molecule has 0 amide bonds. The van der Waals surface area contributed by atoms with Gasteiger partial charge in [0.1, 0.15) is 11.9 Å². The van der Waals surface area contributed by atoms with Crippen molar-refractivity contribution in [3.8, 4) is 5.75 Å². The van der Waals surface area contributed by atoms with E-state index in [0.717, 1.165) is 36.2 Å². The van der Waals surface area contributed by atoms with Crippen LogP contribution in [-0.4, -0.2) is 37.4 Å². The third-order valence-electron chi connectivity index (χ3n) is 3.09. The van der Waals surface area contributed by atoms with Gasteiger partial charge in [-0.15, -0.1) is 11.8 Å². The van der Waals surface area contributed by atoms with Gasteiger partial charge in [0.25, 0.3) is 0 Å². The zero-order chi connectivity index (χ0) is 12.3. The van der Waals surface area contributed by atoms with Crippen molar-refractivity contribution in [3.05, 3.63) is 22.7 Å². The molecule has 0 atom stereocenters. The average Bonchev–Trinajstić information content (AvgIpc) is 2.34. The summed E-state index contributed by atoms with van der Waals surface area (Å²) in [6.45, 7) is 2.27. The molecule has 0 spiro atoms. The van der Waals surface area contributed by atoms with Crippen molar-refractivity contribution in [3.63, 3.8) is 0 Å². The molecule has 0 aliphatic carbocycles. The lowest BCUT2D eigenvalue weighted by molar-refractivity contribution is 0.114. The lowest BCUT2D eigenvalue weighted by Gasteiger charge is -2.29. The average molecular weight is 316 g/mol. The first kappa shape index (κ1) is 13.2. The fourth-order valence-electron chi connectivity index (χ4n) is 2.01. The third-order valence-corrected chi connectivity index (χ3v) is 4.82. The zero-order valence-corrected chi connectivity index (χ0v) is 12.7. The molecule has 1 heterocycles. The van der Waals surface area contributed by atoms with Gasteiger partial charge in [-0.25, -0.2) is 0 Å². The Morgan fingerprint density at radius 1 is 1.35 bits per heavy atom. The number of nitrogens with zero attached hydrogens (tertiary/aromatic N) is 1. The Kier molecular flexibility index (Phi) is 4.77. The van der Waals surface area contributed by atoms with Crippen LogP contribution in [-0.2, 0) is 0 Å². The predicted octanol–water partition coefficient (Wildman–Crippen LogP) is 3.64. The summed E-state index contributed by atoms with van der Waals surface area (Å²) in [7, 11) is 2.17. The van der Waals surface area contributed by atoms with Crippen molar-refractivity contribution >= 4 is 27.7 Å². The van der Waals surface area contributed by atoms with Crippen LogP contribution in [0.2, 0.25) is 0 Å². The number of likely N-dealkylation sites (tertiary alicyclic amines) is 1. The molecule has 94 valence electrons. The number of rotatable bonds is 3. The highest BCUT2D eigenvalue weighted by Crippen LogP contribution is 2.30. The van der Waals surface area contributed by atoms with Crippen LogP contribution < -0.4 is 4.74 Å². The Morgan fingerprint density at radius 2 is 2.06 bits per heavy atom. The van der Waals surface area contributed by atoms with E-state index in [1.165, 1.54) is 4.90 Å². The number of benzene rings is 1. The zero-order valence-electron chi connectivity index (χ0n) is 10.3. The van der Waals surface area contributed by atoms with Crippen molar-refractivity contribution in [1.82, 2.24) is 4.90 Å². The largest absolute Gasteiger partial charge is 0.490 e.